The fourth-order valence-corrected chi connectivity index (χ4v) is 1.98. The van der Waals surface area contributed by atoms with Crippen molar-refractivity contribution in [1.29, 1.82) is 0 Å². The second kappa shape index (κ2) is 5.04. The van der Waals surface area contributed by atoms with Gasteiger partial charge in [-0.15, -0.1) is 0 Å². The molecule has 0 spiro atoms. The lowest BCUT2D eigenvalue weighted by Gasteiger charge is -2.24. The summed E-state index contributed by atoms with van der Waals surface area (Å²) in [6, 6.07) is 0. The molecule has 0 aromatic heterocycles. The minimum absolute atomic E-state index is 0.206. The minimum atomic E-state index is -0.467. The second-order valence-electron chi connectivity index (χ2n) is 5.50. The standard InChI is InChI=1S/C12H23NO3/c1-5-6-9-7-13(8-10(9)14)11(15)16-12(2,3)4/h9-10,14H,5-8H2,1-4H3/t9-,10+/m0/s1. The molecule has 1 aliphatic heterocycles. The molecule has 1 N–H and O–H groups in total. The van der Waals surface area contributed by atoms with Crippen LogP contribution >= 0.6 is 0 Å². The average molecular weight is 229 g/mol. The molecule has 1 fully saturated rings. The van der Waals surface area contributed by atoms with E-state index in [2.05, 4.69) is 6.92 Å². The van der Waals surface area contributed by atoms with Crippen molar-refractivity contribution in [3.8, 4) is 0 Å². The fraction of sp³-hybridized carbons (Fsp3) is 0.917. The number of hydrogen-bond donors (Lipinski definition) is 1. The van der Waals surface area contributed by atoms with Gasteiger partial charge in [-0.05, 0) is 27.2 Å². The number of ether oxygens (including phenoxy) is 1. The Kier molecular flexibility index (Phi) is 4.19. The largest absolute Gasteiger partial charge is 0.444 e. The summed E-state index contributed by atoms with van der Waals surface area (Å²) in [4.78, 5) is 13.4. The number of rotatable bonds is 2. The SMILES string of the molecule is CCC[C@H]1CN(C(=O)OC(C)(C)C)C[C@H]1O. The van der Waals surface area contributed by atoms with E-state index < -0.39 is 11.7 Å². The Morgan fingerprint density at radius 3 is 2.56 bits per heavy atom. The molecule has 1 rings (SSSR count). The smallest absolute Gasteiger partial charge is 0.410 e. The molecule has 16 heavy (non-hydrogen) atoms. The van der Waals surface area contributed by atoms with Gasteiger partial charge in [0, 0.05) is 12.5 Å². The predicted molar refractivity (Wildman–Crippen MR) is 62.2 cm³/mol. The van der Waals surface area contributed by atoms with Gasteiger partial charge in [-0.25, -0.2) is 4.79 Å². The van der Waals surface area contributed by atoms with Gasteiger partial charge >= 0.3 is 6.09 Å². The normalized spacial score (nSPS) is 25.9. The maximum absolute atomic E-state index is 11.7. The van der Waals surface area contributed by atoms with Crippen LogP contribution in [0.15, 0.2) is 0 Å². The van der Waals surface area contributed by atoms with Crippen molar-refractivity contribution in [3.05, 3.63) is 0 Å². The van der Waals surface area contributed by atoms with Crippen LogP contribution in [0.3, 0.4) is 0 Å². The zero-order valence-corrected chi connectivity index (χ0v) is 10.7. The summed E-state index contributed by atoms with van der Waals surface area (Å²) >= 11 is 0. The molecule has 1 heterocycles. The van der Waals surface area contributed by atoms with Gasteiger partial charge in [0.05, 0.1) is 12.6 Å². The van der Waals surface area contributed by atoms with E-state index in [1.165, 1.54) is 0 Å². The van der Waals surface area contributed by atoms with Crippen LogP contribution < -0.4 is 0 Å². The molecule has 0 aliphatic carbocycles. The Hall–Kier alpha value is -0.770. The topological polar surface area (TPSA) is 49.8 Å². The van der Waals surface area contributed by atoms with E-state index in [4.69, 9.17) is 4.74 Å². The van der Waals surface area contributed by atoms with Crippen LogP contribution in [0.1, 0.15) is 40.5 Å². The molecular formula is C12H23NO3. The Balaban J connectivity index is 2.48. The predicted octanol–water partition coefficient (Wildman–Crippen LogP) is 2.01. The van der Waals surface area contributed by atoms with Gasteiger partial charge < -0.3 is 14.7 Å². The van der Waals surface area contributed by atoms with Crippen LogP contribution in [0, 0.1) is 5.92 Å². The molecule has 4 heteroatoms. The summed E-state index contributed by atoms with van der Waals surface area (Å²) in [5, 5.41) is 9.79. The van der Waals surface area contributed by atoms with Crippen LogP contribution in [0.2, 0.25) is 0 Å². The number of β-amino-alcohol motifs (C(OH)–C–C–N with tert-alkyl or cyclic N) is 1. The van der Waals surface area contributed by atoms with E-state index >= 15 is 0 Å². The number of hydrogen-bond acceptors (Lipinski definition) is 3. The quantitative estimate of drug-likeness (QED) is 0.788. The van der Waals surface area contributed by atoms with Gasteiger partial charge in [0.25, 0.3) is 0 Å². The summed E-state index contributed by atoms with van der Waals surface area (Å²) < 4.78 is 5.27. The molecular weight excluding hydrogens is 206 g/mol. The van der Waals surface area contributed by atoms with Gasteiger partial charge in [-0.2, -0.15) is 0 Å². The van der Waals surface area contributed by atoms with Gasteiger partial charge in [-0.1, -0.05) is 13.3 Å². The first-order valence-corrected chi connectivity index (χ1v) is 5.99. The average Bonchev–Trinajstić information content (AvgIpc) is 2.46. The Morgan fingerprint density at radius 2 is 2.06 bits per heavy atom. The van der Waals surface area contributed by atoms with Crippen molar-refractivity contribution in [2.24, 2.45) is 5.92 Å². The van der Waals surface area contributed by atoms with Crippen molar-refractivity contribution in [1.82, 2.24) is 4.90 Å². The van der Waals surface area contributed by atoms with E-state index in [-0.39, 0.29) is 12.0 Å². The maximum Gasteiger partial charge on any atom is 0.410 e. The van der Waals surface area contributed by atoms with Gasteiger partial charge in [0.1, 0.15) is 5.60 Å². The third-order valence-corrected chi connectivity index (χ3v) is 2.72. The summed E-state index contributed by atoms with van der Waals surface area (Å²) in [6.07, 6.45) is 1.28. The van der Waals surface area contributed by atoms with Crippen LogP contribution in [-0.2, 0) is 4.74 Å². The summed E-state index contributed by atoms with van der Waals surface area (Å²) in [7, 11) is 0. The zero-order chi connectivity index (χ0) is 12.3. The first-order chi connectivity index (χ1) is 7.33. The van der Waals surface area contributed by atoms with E-state index in [9.17, 15) is 9.90 Å². The number of carbonyl (C=O) groups is 1. The highest BCUT2D eigenvalue weighted by Crippen LogP contribution is 2.23. The first-order valence-electron chi connectivity index (χ1n) is 5.99. The number of aliphatic hydroxyl groups is 1. The zero-order valence-electron chi connectivity index (χ0n) is 10.7. The minimum Gasteiger partial charge on any atom is -0.444 e. The lowest BCUT2D eigenvalue weighted by Crippen LogP contribution is -2.35. The molecule has 94 valence electrons. The molecule has 1 saturated heterocycles. The van der Waals surface area contributed by atoms with Gasteiger partial charge in [0.2, 0.25) is 0 Å². The second-order valence-corrected chi connectivity index (χ2v) is 5.50. The Bertz CT molecular complexity index is 247. The molecule has 1 aliphatic rings. The number of amides is 1. The maximum atomic E-state index is 11.7. The molecule has 0 aromatic rings. The Morgan fingerprint density at radius 1 is 1.44 bits per heavy atom. The molecule has 0 bridgehead atoms. The van der Waals surface area contributed by atoms with Crippen LogP contribution in [0.25, 0.3) is 0 Å². The third kappa shape index (κ3) is 3.67. The van der Waals surface area contributed by atoms with Crippen molar-refractivity contribution >= 4 is 6.09 Å². The lowest BCUT2D eigenvalue weighted by atomic mass is 10.0. The molecule has 1 amide bonds. The molecule has 0 unspecified atom stereocenters. The number of nitrogens with zero attached hydrogens (tertiary/aromatic N) is 1. The number of likely N-dealkylation sites (tertiary alicyclic amines) is 1. The van der Waals surface area contributed by atoms with Crippen LogP contribution in [0.4, 0.5) is 4.79 Å². The highest BCUT2D eigenvalue weighted by molar-refractivity contribution is 5.68. The lowest BCUT2D eigenvalue weighted by molar-refractivity contribution is 0.0269. The van der Waals surface area contributed by atoms with Crippen molar-refractivity contribution in [2.75, 3.05) is 13.1 Å². The van der Waals surface area contributed by atoms with Gasteiger partial charge in [0.15, 0.2) is 0 Å². The fourth-order valence-electron chi connectivity index (χ4n) is 1.98. The van der Waals surface area contributed by atoms with Crippen molar-refractivity contribution in [3.63, 3.8) is 0 Å². The summed E-state index contributed by atoms with van der Waals surface area (Å²) in [5.74, 6) is 0.206. The van der Waals surface area contributed by atoms with E-state index in [1.807, 2.05) is 20.8 Å². The molecule has 0 saturated carbocycles. The van der Waals surface area contributed by atoms with E-state index in [0.717, 1.165) is 12.8 Å². The van der Waals surface area contributed by atoms with Crippen LogP contribution in [-0.4, -0.2) is 40.9 Å². The summed E-state index contributed by atoms with van der Waals surface area (Å²) in [6.45, 7) is 8.65. The van der Waals surface area contributed by atoms with Crippen LogP contribution in [0.5, 0.6) is 0 Å². The van der Waals surface area contributed by atoms with Gasteiger partial charge in [-0.3, -0.25) is 0 Å². The van der Waals surface area contributed by atoms with Crippen molar-refractivity contribution < 1.29 is 14.6 Å². The van der Waals surface area contributed by atoms with E-state index in [0.29, 0.717) is 13.1 Å². The Labute approximate surface area is 97.6 Å². The number of aliphatic hydroxyl groups excluding tert-OH is 1. The molecule has 2 atom stereocenters. The monoisotopic (exact) mass is 229 g/mol. The molecule has 0 radical (unpaired) electrons. The third-order valence-electron chi connectivity index (χ3n) is 2.72. The highest BCUT2D eigenvalue weighted by Gasteiger charge is 2.35. The highest BCUT2D eigenvalue weighted by atomic mass is 16.6. The van der Waals surface area contributed by atoms with E-state index in [1.54, 1.807) is 4.90 Å². The summed E-state index contributed by atoms with van der Waals surface area (Å²) in [5.41, 5.74) is -0.467. The first kappa shape index (κ1) is 13.3. The number of carbonyl (C=O) groups excluding carboxylic acids is 1. The van der Waals surface area contributed by atoms with Crippen molar-refractivity contribution in [2.45, 2.75) is 52.2 Å². The molecule has 4 nitrogen and oxygen atoms in total. The molecule has 0 aromatic carbocycles.